The Morgan fingerprint density at radius 3 is 2.86 bits per heavy atom. The third-order valence-electron chi connectivity index (χ3n) is 3.69. The molecule has 0 radical (unpaired) electrons. The number of hydrogen-bond donors (Lipinski definition) is 3. The van der Waals surface area contributed by atoms with Crippen LogP contribution in [0.15, 0.2) is 23.2 Å². The number of phenolic OH excluding ortho intramolecular Hbond substituents is 1. The van der Waals surface area contributed by atoms with Crippen LogP contribution < -0.4 is 15.4 Å². The van der Waals surface area contributed by atoms with Crippen molar-refractivity contribution in [1.82, 2.24) is 10.6 Å². The molecule has 1 aromatic rings. The molecule has 1 fully saturated rings. The quantitative estimate of drug-likeness (QED) is 0.553. The fraction of sp³-hybridized carbons (Fsp3) is 0.562. The minimum absolute atomic E-state index is 0.169. The van der Waals surface area contributed by atoms with Crippen molar-refractivity contribution >= 4 is 5.96 Å². The van der Waals surface area contributed by atoms with Crippen molar-refractivity contribution in [3.63, 3.8) is 0 Å². The lowest BCUT2D eigenvalue weighted by atomic mass is 10.1. The highest BCUT2D eigenvalue weighted by atomic mass is 16.5. The summed E-state index contributed by atoms with van der Waals surface area (Å²) in [6.45, 7) is 5.87. The number of aromatic hydroxyl groups is 1. The van der Waals surface area contributed by atoms with Gasteiger partial charge in [0.25, 0.3) is 0 Å². The van der Waals surface area contributed by atoms with Crippen molar-refractivity contribution in [2.45, 2.75) is 32.7 Å². The summed E-state index contributed by atoms with van der Waals surface area (Å²) in [5, 5.41) is 16.3. The standard InChI is InChI=1S/C16H25N3O2/c1-4-17-16(19-13-9-11(13)2)18-8-7-12-5-6-14(20)15(10-12)21-3/h5-6,10-11,13,20H,4,7-9H2,1-3H3,(H2,17,18,19). The van der Waals surface area contributed by atoms with Crippen LogP contribution >= 0.6 is 0 Å². The normalized spacial score (nSPS) is 21.0. The maximum Gasteiger partial charge on any atom is 0.191 e. The van der Waals surface area contributed by atoms with Crippen molar-refractivity contribution in [1.29, 1.82) is 0 Å². The van der Waals surface area contributed by atoms with Gasteiger partial charge in [0.05, 0.1) is 7.11 Å². The fourth-order valence-corrected chi connectivity index (χ4v) is 2.19. The molecular formula is C16H25N3O2. The molecule has 0 amide bonds. The van der Waals surface area contributed by atoms with Crippen molar-refractivity contribution < 1.29 is 9.84 Å². The molecule has 116 valence electrons. The van der Waals surface area contributed by atoms with Crippen molar-refractivity contribution in [3.8, 4) is 11.5 Å². The molecule has 1 aliphatic rings. The molecule has 2 atom stereocenters. The monoisotopic (exact) mass is 291 g/mol. The van der Waals surface area contributed by atoms with Crippen molar-refractivity contribution in [2.24, 2.45) is 10.9 Å². The Bertz CT molecular complexity index is 502. The van der Waals surface area contributed by atoms with Crippen LogP contribution in [0.3, 0.4) is 0 Å². The number of methoxy groups -OCH3 is 1. The zero-order chi connectivity index (χ0) is 15.2. The topological polar surface area (TPSA) is 65.9 Å². The molecule has 0 saturated heterocycles. The predicted octanol–water partition coefficient (Wildman–Crippen LogP) is 1.91. The van der Waals surface area contributed by atoms with E-state index in [1.54, 1.807) is 13.2 Å². The molecule has 3 N–H and O–H groups in total. The molecule has 5 nitrogen and oxygen atoms in total. The molecule has 2 rings (SSSR count). The molecule has 0 bridgehead atoms. The summed E-state index contributed by atoms with van der Waals surface area (Å²) in [6.07, 6.45) is 2.03. The van der Waals surface area contributed by atoms with Gasteiger partial charge in [0.15, 0.2) is 17.5 Å². The molecule has 0 heterocycles. The highest BCUT2D eigenvalue weighted by Gasteiger charge is 2.33. The average Bonchev–Trinajstić information content (AvgIpc) is 3.16. The van der Waals surface area contributed by atoms with Gasteiger partial charge in [-0.1, -0.05) is 13.0 Å². The van der Waals surface area contributed by atoms with E-state index in [4.69, 9.17) is 4.74 Å². The maximum atomic E-state index is 9.58. The molecule has 2 unspecified atom stereocenters. The lowest BCUT2D eigenvalue weighted by Gasteiger charge is -2.11. The number of aliphatic imine (C=N–C) groups is 1. The Morgan fingerprint density at radius 1 is 1.48 bits per heavy atom. The largest absolute Gasteiger partial charge is 0.504 e. The van der Waals surface area contributed by atoms with E-state index in [1.807, 2.05) is 12.1 Å². The zero-order valence-electron chi connectivity index (χ0n) is 13.0. The van der Waals surface area contributed by atoms with Gasteiger partial charge in [-0.3, -0.25) is 4.99 Å². The first-order valence-corrected chi connectivity index (χ1v) is 7.54. The summed E-state index contributed by atoms with van der Waals surface area (Å²) in [6, 6.07) is 5.98. The van der Waals surface area contributed by atoms with E-state index in [9.17, 15) is 5.11 Å². The first kappa shape index (κ1) is 15.5. The number of ether oxygens (including phenoxy) is 1. The van der Waals surface area contributed by atoms with Gasteiger partial charge in [-0.05, 0) is 43.4 Å². The molecule has 1 aliphatic carbocycles. The molecule has 0 aromatic heterocycles. The van der Waals surface area contributed by atoms with Crippen LogP contribution in [0.25, 0.3) is 0 Å². The van der Waals surface area contributed by atoms with E-state index in [2.05, 4.69) is 29.5 Å². The zero-order valence-corrected chi connectivity index (χ0v) is 13.0. The lowest BCUT2D eigenvalue weighted by Crippen LogP contribution is -2.39. The Labute approximate surface area is 126 Å². The third kappa shape index (κ3) is 4.55. The number of guanidine groups is 1. The first-order chi connectivity index (χ1) is 10.1. The van der Waals surface area contributed by atoms with E-state index in [-0.39, 0.29) is 5.75 Å². The number of phenols is 1. The van der Waals surface area contributed by atoms with E-state index in [0.717, 1.165) is 30.4 Å². The van der Waals surface area contributed by atoms with Crippen molar-refractivity contribution in [3.05, 3.63) is 23.8 Å². The highest BCUT2D eigenvalue weighted by Crippen LogP contribution is 2.29. The van der Waals surface area contributed by atoms with E-state index in [1.165, 1.54) is 6.42 Å². The van der Waals surface area contributed by atoms with Crippen LogP contribution in [0.2, 0.25) is 0 Å². The second-order valence-corrected chi connectivity index (χ2v) is 5.48. The van der Waals surface area contributed by atoms with E-state index >= 15 is 0 Å². The minimum atomic E-state index is 0.169. The van der Waals surface area contributed by atoms with Gasteiger partial charge < -0.3 is 20.5 Å². The summed E-state index contributed by atoms with van der Waals surface area (Å²) in [4.78, 5) is 4.59. The molecule has 0 spiro atoms. The maximum absolute atomic E-state index is 9.58. The third-order valence-corrected chi connectivity index (χ3v) is 3.69. The number of benzene rings is 1. The Kier molecular flexibility index (Phi) is 5.31. The van der Waals surface area contributed by atoms with Gasteiger partial charge in [0, 0.05) is 19.1 Å². The van der Waals surface area contributed by atoms with Crippen LogP contribution in [0.4, 0.5) is 0 Å². The van der Waals surface area contributed by atoms with Gasteiger partial charge in [0.1, 0.15) is 0 Å². The summed E-state index contributed by atoms with van der Waals surface area (Å²) in [7, 11) is 1.56. The lowest BCUT2D eigenvalue weighted by molar-refractivity contribution is 0.373. The number of nitrogens with zero attached hydrogens (tertiary/aromatic N) is 1. The fourth-order valence-electron chi connectivity index (χ4n) is 2.19. The Hall–Kier alpha value is -1.91. The van der Waals surface area contributed by atoms with Gasteiger partial charge in [-0.2, -0.15) is 0 Å². The van der Waals surface area contributed by atoms with E-state index < -0.39 is 0 Å². The second kappa shape index (κ2) is 7.20. The van der Waals surface area contributed by atoms with Gasteiger partial charge >= 0.3 is 0 Å². The Morgan fingerprint density at radius 2 is 2.24 bits per heavy atom. The minimum Gasteiger partial charge on any atom is -0.504 e. The molecule has 21 heavy (non-hydrogen) atoms. The smallest absolute Gasteiger partial charge is 0.191 e. The molecule has 1 aromatic carbocycles. The van der Waals surface area contributed by atoms with Crippen LogP contribution in [-0.2, 0) is 6.42 Å². The summed E-state index contributed by atoms with van der Waals surface area (Å²) < 4.78 is 5.11. The van der Waals surface area contributed by atoms with Gasteiger partial charge in [0.2, 0.25) is 0 Å². The SMILES string of the molecule is CCNC(=NCCc1ccc(O)c(OC)c1)NC1CC1C. The summed E-state index contributed by atoms with van der Waals surface area (Å²) in [5.41, 5.74) is 1.10. The predicted molar refractivity (Wildman–Crippen MR) is 85.0 cm³/mol. The number of nitrogens with one attached hydrogen (secondary N) is 2. The van der Waals surface area contributed by atoms with Gasteiger partial charge in [-0.15, -0.1) is 0 Å². The molecular weight excluding hydrogens is 266 g/mol. The average molecular weight is 291 g/mol. The molecule has 1 saturated carbocycles. The molecule has 5 heteroatoms. The van der Waals surface area contributed by atoms with Crippen LogP contribution in [-0.4, -0.2) is 37.3 Å². The highest BCUT2D eigenvalue weighted by molar-refractivity contribution is 5.80. The van der Waals surface area contributed by atoms with Crippen molar-refractivity contribution in [2.75, 3.05) is 20.2 Å². The van der Waals surface area contributed by atoms with Crippen LogP contribution in [0, 0.1) is 5.92 Å². The Balaban J connectivity index is 1.89. The first-order valence-electron chi connectivity index (χ1n) is 7.54. The number of rotatable bonds is 6. The van der Waals surface area contributed by atoms with Crippen LogP contribution in [0.1, 0.15) is 25.8 Å². The molecule has 0 aliphatic heterocycles. The van der Waals surface area contributed by atoms with Gasteiger partial charge in [-0.25, -0.2) is 0 Å². The second-order valence-electron chi connectivity index (χ2n) is 5.48. The summed E-state index contributed by atoms with van der Waals surface area (Å²) in [5.74, 6) is 2.31. The number of hydrogen-bond acceptors (Lipinski definition) is 3. The van der Waals surface area contributed by atoms with Crippen LogP contribution in [0.5, 0.6) is 11.5 Å². The summed E-state index contributed by atoms with van der Waals surface area (Å²) >= 11 is 0. The van der Waals surface area contributed by atoms with E-state index in [0.29, 0.717) is 18.3 Å².